The minimum atomic E-state index is 0.337. The molecule has 1 atom stereocenters. The molecule has 2 fully saturated rings. The van der Waals surface area contributed by atoms with Gasteiger partial charge in [0.2, 0.25) is 5.91 Å². The predicted octanol–water partition coefficient (Wildman–Crippen LogP) is 2.56. The number of likely N-dealkylation sites (tertiary alicyclic amines) is 2. The lowest BCUT2D eigenvalue weighted by atomic mass is 9.79. The van der Waals surface area contributed by atoms with Crippen molar-refractivity contribution >= 4 is 5.91 Å². The molecule has 2 saturated heterocycles. The van der Waals surface area contributed by atoms with Gasteiger partial charge in [-0.2, -0.15) is 0 Å². The first-order chi connectivity index (χ1) is 10.2. The summed E-state index contributed by atoms with van der Waals surface area (Å²) in [4.78, 5) is 17.0. The Morgan fingerprint density at radius 3 is 2.71 bits per heavy atom. The fourth-order valence-electron chi connectivity index (χ4n) is 3.99. The van der Waals surface area contributed by atoms with Gasteiger partial charge in [0, 0.05) is 31.5 Å². The number of benzene rings is 1. The summed E-state index contributed by atoms with van der Waals surface area (Å²) in [5, 5.41) is 0. The summed E-state index contributed by atoms with van der Waals surface area (Å²) in [6, 6.07) is 10.3. The van der Waals surface area contributed by atoms with Crippen LogP contribution in [-0.2, 0) is 11.2 Å². The highest BCUT2D eigenvalue weighted by Crippen LogP contribution is 2.38. The van der Waals surface area contributed by atoms with Crippen LogP contribution in [0.3, 0.4) is 0 Å². The molecule has 21 heavy (non-hydrogen) atoms. The average Bonchev–Trinajstić information content (AvgIpc) is 2.89. The monoisotopic (exact) mass is 286 g/mol. The number of carbonyl (C=O) groups excluding carboxylic acids is 1. The fraction of sp³-hybridized carbons (Fsp3) is 0.611. The van der Waals surface area contributed by atoms with Crippen molar-refractivity contribution in [2.45, 2.75) is 32.1 Å². The predicted molar refractivity (Wildman–Crippen MR) is 85.1 cm³/mol. The number of amides is 1. The smallest absolute Gasteiger partial charge is 0.222 e. The zero-order valence-electron chi connectivity index (χ0n) is 13.1. The van der Waals surface area contributed by atoms with Crippen LogP contribution >= 0.6 is 0 Å². The zero-order valence-corrected chi connectivity index (χ0v) is 13.1. The van der Waals surface area contributed by atoms with Crippen LogP contribution in [0.2, 0.25) is 0 Å². The van der Waals surface area contributed by atoms with Crippen molar-refractivity contribution < 1.29 is 4.79 Å². The highest BCUT2D eigenvalue weighted by molar-refractivity contribution is 5.76. The number of nitrogens with zero attached hydrogens (tertiary/aromatic N) is 2. The summed E-state index contributed by atoms with van der Waals surface area (Å²) in [5.74, 6) is 0.337. The second kappa shape index (κ2) is 6.18. The summed E-state index contributed by atoms with van der Waals surface area (Å²) >= 11 is 0. The molecule has 0 bridgehead atoms. The van der Waals surface area contributed by atoms with E-state index >= 15 is 0 Å². The summed E-state index contributed by atoms with van der Waals surface area (Å²) in [5.41, 5.74) is 1.65. The average molecular weight is 286 g/mol. The summed E-state index contributed by atoms with van der Waals surface area (Å²) in [6.45, 7) is 4.31. The van der Waals surface area contributed by atoms with Crippen molar-refractivity contribution in [2.24, 2.45) is 5.41 Å². The maximum absolute atomic E-state index is 12.4. The highest BCUT2D eigenvalue weighted by atomic mass is 16.2. The quantitative estimate of drug-likeness (QED) is 0.852. The first-order valence-corrected chi connectivity index (χ1v) is 8.17. The molecule has 0 aromatic heterocycles. The molecule has 0 radical (unpaired) electrons. The lowest BCUT2D eigenvalue weighted by molar-refractivity contribution is -0.130. The topological polar surface area (TPSA) is 23.6 Å². The Labute approximate surface area is 127 Å². The van der Waals surface area contributed by atoms with Gasteiger partial charge in [0.25, 0.3) is 0 Å². The number of hydrogen-bond donors (Lipinski definition) is 0. The molecule has 0 aliphatic carbocycles. The Morgan fingerprint density at radius 1 is 1.14 bits per heavy atom. The maximum Gasteiger partial charge on any atom is 0.222 e. The van der Waals surface area contributed by atoms with E-state index in [1.807, 2.05) is 18.2 Å². The van der Waals surface area contributed by atoms with E-state index in [9.17, 15) is 4.79 Å². The fourth-order valence-corrected chi connectivity index (χ4v) is 3.99. The van der Waals surface area contributed by atoms with Crippen LogP contribution in [0.1, 0.15) is 31.2 Å². The van der Waals surface area contributed by atoms with Crippen molar-refractivity contribution in [3.05, 3.63) is 35.9 Å². The third-order valence-corrected chi connectivity index (χ3v) is 5.11. The molecular weight excluding hydrogens is 260 g/mol. The Morgan fingerprint density at radius 2 is 1.95 bits per heavy atom. The molecule has 1 amide bonds. The first kappa shape index (κ1) is 14.6. The van der Waals surface area contributed by atoms with Gasteiger partial charge in [0.05, 0.1) is 0 Å². The van der Waals surface area contributed by atoms with Gasteiger partial charge < -0.3 is 9.80 Å². The number of piperidine rings is 1. The SMILES string of the molecule is CN1CCCC2(CCN(C(=O)CCc3ccccc3)C2)C1. The number of hydrogen-bond acceptors (Lipinski definition) is 2. The van der Waals surface area contributed by atoms with Gasteiger partial charge >= 0.3 is 0 Å². The normalized spacial score (nSPS) is 26.4. The largest absolute Gasteiger partial charge is 0.342 e. The van der Waals surface area contributed by atoms with E-state index in [-0.39, 0.29) is 0 Å². The lowest BCUT2D eigenvalue weighted by Gasteiger charge is -2.38. The minimum Gasteiger partial charge on any atom is -0.342 e. The van der Waals surface area contributed by atoms with Crippen molar-refractivity contribution in [1.29, 1.82) is 0 Å². The standard InChI is InChI=1S/C18H26N2O/c1-19-12-5-10-18(14-19)11-13-20(15-18)17(21)9-8-16-6-3-2-4-7-16/h2-4,6-7H,5,8-15H2,1H3. The third-order valence-electron chi connectivity index (χ3n) is 5.11. The molecule has 2 heterocycles. The van der Waals surface area contributed by atoms with Gasteiger partial charge in [0.1, 0.15) is 0 Å². The number of carbonyl (C=O) groups is 1. The minimum absolute atomic E-state index is 0.337. The lowest BCUT2D eigenvalue weighted by Crippen LogP contribution is -2.43. The van der Waals surface area contributed by atoms with Gasteiger partial charge in [0.15, 0.2) is 0 Å². The van der Waals surface area contributed by atoms with E-state index in [2.05, 4.69) is 29.0 Å². The first-order valence-electron chi connectivity index (χ1n) is 8.17. The number of rotatable bonds is 3. The zero-order chi connectivity index (χ0) is 14.7. The molecule has 3 rings (SSSR count). The molecule has 1 aromatic carbocycles. The number of aryl methyl sites for hydroxylation is 1. The van der Waals surface area contributed by atoms with Crippen LogP contribution in [-0.4, -0.2) is 48.9 Å². The highest BCUT2D eigenvalue weighted by Gasteiger charge is 2.41. The molecular formula is C18H26N2O. The van der Waals surface area contributed by atoms with Crippen LogP contribution < -0.4 is 0 Å². The molecule has 2 aliphatic rings. The van der Waals surface area contributed by atoms with Crippen molar-refractivity contribution in [3.63, 3.8) is 0 Å². The Bertz CT molecular complexity index is 487. The second-order valence-corrected chi connectivity index (χ2v) is 6.89. The van der Waals surface area contributed by atoms with E-state index in [4.69, 9.17) is 0 Å². The maximum atomic E-state index is 12.4. The molecule has 1 unspecified atom stereocenters. The van der Waals surface area contributed by atoms with Crippen LogP contribution in [0, 0.1) is 5.41 Å². The van der Waals surface area contributed by atoms with Crippen LogP contribution in [0.25, 0.3) is 0 Å². The van der Waals surface area contributed by atoms with E-state index in [0.29, 0.717) is 17.7 Å². The van der Waals surface area contributed by atoms with Crippen LogP contribution in [0.15, 0.2) is 30.3 Å². The molecule has 2 aliphatic heterocycles. The Balaban J connectivity index is 1.52. The third kappa shape index (κ3) is 3.46. The molecule has 3 heteroatoms. The van der Waals surface area contributed by atoms with E-state index < -0.39 is 0 Å². The summed E-state index contributed by atoms with van der Waals surface area (Å²) in [7, 11) is 2.21. The summed E-state index contributed by atoms with van der Waals surface area (Å²) in [6.07, 6.45) is 5.27. The van der Waals surface area contributed by atoms with Gasteiger partial charge in [-0.25, -0.2) is 0 Å². The van der Waals surface area contributed by atoms with Gasteiger partial charge in [-0.05, 0) is 44.8 Å². The Hall–Kier alpha value is -1.35. The van der Waals surface area contributed by atoms with Crippen molar-refractivity contribution in [3.8, 4) is 0 Å². The van der Waals surface area contributed by atoms with E-state index in [1.165, 1.54) is 31.4 Å². The van der Waals surface area contributed by atoms with Gasteiger partial charge in [-0.15, -0.1) is 0 Å². The van der Waals surface area contributed by atoms with E-state index in [0.717, 1.165) is 26.1 Å². The van der Waals surface area contributed by atoms with Gasteiger partial charge in [-0.3, -0.25) is 4.79 Å². The van der Waals surface area contributed by atoms with Crippen LogP contribution in [0.4, 0.5) is 0 Å². The molecule has 0 N–H and O–H groups in total. The molecule has 1 spiro atoms. The Kier molecular flexibility index (Phi) is 4.29. The van der Waals surface area contributed by atoms with E-state index in [1.54, 1.807) is 0 Å². The second-order valence-electron chi connectivity index (χ2n) is 6.89. The van der Waals surface area contributed by atoms with Crippen molar-refractivity contribution in [1.82, 2.24) is 9.80 Å². The molecule has 0 saturated carbocycles. The molecule has 1 aromatic rings. The van der Waals surface area contributed by atoms with Crippen molar-refractivity contribution in [2.75, 3.05) is 33.2 Å². The van der Waals surface area contributed by atoms with Gasteiger partial charge in [-0.1, -0.05) is 30.3 Å². The molecule has 3 nitrogen and oxygen atoms in total. The molecule has 114 valence electrons. The summed E-state index contributed by atoms with van der Waals surface area (Å²) < 4.78 is 0. The van der Waals surface area contributed by atoms with Crippen LogP contribution in [0.5, 0.6) is 0 Å².